The number of rotatable bonds is 7. The molecule has 0 radical (unpaired) electrons. The van der Waals surface area contributed by atoms with E-state index in [4.69, 9.17) is 23.2 Å². The van der Waals surface area contributed by atoms with Gasteiger partial charge >= 0.3 is 0 Å². The van der Waals surface area contributed by atoms with E-state index in [2.05, 4.69) is 10.0 Å². The molecule has 4 aromatic rings. The summed E-state index contributed by atoms with van der Waals surface area (Å²) in [6.45, 7) is 0. The summed E-state index contributed by atoms with van der Waals surface area (Å²) < 4.78 is 27.7. The Morgan fingerprint density at radius 2 is 1.41 bits per heavy atom. The van der Waals surface area contributed by atoms with Crippen LogP contribution in [0.2, 0.25) is 10.0 Å². The van der Waals surface area contributed by atoms with Crippen molar-refractivity contribution in [3.63, 3.8) is 0 Å². The molecular formula is C26H20Cl2N2O3S. The number of nitrogens with one attached hydrogen (secondary N) is 2. The van der Waals surface area contributed by atoms with Crippen LogP contribution in [0.25, 0.3) is 11.1 Å². The van der Waals surface area contributed by atoms with Crippen molar-refractivity contribution in [2.45, 2.75) is 11.3 Å². The molecule has 4 aromatic carbocycles. The average molecular weight is 511 g/mol. The molecule has 0 spiro atoms. The SMILES string of the molecule is O=C(Cc1ccc(-c2ccccc2)cc1)Nc1ccc(S(=O)(=O)Nc2ccc(Cl)cc2Cl)cc1. The number of halogens is 2. The number of amides is 1. The molecule has 0 bridgehead atoms. The number of anilines is 2. The van der Waals surface area contributed by atoms with Crippen molar-refractivity contribution in [1.82, 2.24) is 0 Å². The van der Waals surface area contributed by atoms with Gasteiger partial charge in [-0.05, 0) is 59.2 Å². The van der Waals surface area contributed by atoms with Gasteiger partial charge in [0.25, 0.3) is 10.0 Å². The first-order valence-electron chi connectivity index (χ1n) is 10.3. The van der Waals surface area contributed by atoms with E-state index in [-0.39, 0.29) is 27.9 Å². The molecule has 0 unspecified atom stereocenters. The van der Waals surface area contributed by atoms with Crippen molar-refractivity contribution < 1.29 is 13.2 Å². The monoisotopic (exact) mass is 510 g/mol. The molecule has 0 fully saturated rings. The smallest absolute Gasteiger partial charge is 0.261 e. The van der Waals surface area contributed by atoms with Gasteiger partial charge in [0.1, 0.15) is 0 Å². The first kappa shape index (κ1) is 23.8. The van der Waals surface area contributed by atoms with E-state index in [1.807, 2.05) is 54.6 Å². The molecule has 0 saturated heterocycles. The Morgan fingerprint density at radius 3 is 2.06 bits per heavy atom. The summed E-state index contributed by atoms with van der Waals surface area (Å²) >= 11 is 11.9. The van der Waals surface area contributed by atoms with Gasteiger partial charge in [0.2, 0.25) is 5.91 Å². The number of hydrogen-bond acceptors (Lipinski definition) is 3. The molecule has 0 aliphatic rings. The van der Waals surface area contributed by atoms with Gasteiger partial charge in [-0.3, -0.25) is 9.52 Å². The summed E-state index contributed by atoms with van der Waals surface area (Å²) in [4.78, 5) is 12.5. The zero-order valence-corrected chi connectivity index (χ0v) is 20.2. The van der Waals surface area contributed by atoms with Crippen LogP contribution in [0.5, 0.6) is 0 Å². The van der Waals surface area contributed by atoms with E-state index >= 15 is 0 Å². The van der Waals surface area contributed by atoms with Crippen LogP contribution in [0.3, 0.4) is 0 Å². The number of carbonyl (C=O) groups is 1. The van der Waals surface area contributed by atoms with Crippen molar-refractivity contribution in [2.24, 2.45) is 0 Å². The van der Waals surface area contributed by atoms with Crippen molar-refractivity contribution in [3.8, 4) is 11.1 Å². The summed E-state index contributed by atoms with van der Waals surface area (Å²) in [6.07, 6.45) is 0.200. The number of carbonyl (C=O) groups excluding carboxylic acids is 1. The third kappa shape index (κ3) is 5.97. The van der Waals surface area contributed by atoms with E-state index in [9.17, 15) is 13.2 Å². The van der Waals surface area contributed by atoms with Crippen LogP contribution < -0.4 is 10.0 Å². The second-order valence-electron chi connectivity index (χ2n) is 7.54. The molecule has 5 nitrogen and oxygen atoms in total. The van der Waals surface area contributed by atoms with Crippen LogP contribution in [-0.2, 0) is 21.2 Å². The van der Waals surface area contributed by atoms with Gasteiger partial charge < -0.3 is 5.32 Å². The maximum atomic E-state index is 12.7. The van der Waals surface area contributed by atoms with Crippen molar-refractivity contribution >= 4 is 50.5 Å². The molecule has 34 heavy (non-hydrogen) atoms. The fourth-order valence-corrected chi connectivity index (χ4v) is 4.92. The third-order valence-electron chi connectivity index (χ3n) is 5.05. The minimum Gasteiger partial charge on any atom is -0.326 e. The lowest BCUT2D eigenvalue weighted by molar-refractivity contribution is -0.115. The Hall–Kier alpha value is -3.32. The highest BCUT2D eigenvalue weighted by atomic mass is 35.5. The van der Waals surface area contributed by atoms with Crippen molar-refractivity contribution in [2.75, 3.05) is 10.0 Å². The standard InChI is InChI=1S/C26H20Cl2N2O3S/c27-21-10-15-25(24(28)17-21)30-34(32,33)23-13-11-22(12-14-23)29-26(31)16-18-6-8-20(9-7-18)19-4-2-1-3-5-19/h1-15,17,30H,16H2,(H,29,31). The lowest BCUT2D eigenvalue weighted by Gasteiger charge is -2.11. The maximum Gasteiger partial charge on any atom is 0.261 e. The Bertz CT molecular complexity index is 1410. The predicted octanol–water partition coefficient (Wildman–Crippen LogP) is 6.64. The fraction of sp³-hybridized carbons (Fsp3) is 0.0385. The zero-order valence-electron chi connectivity index (χ0n) is 17.8. The van der Waals surface area contributed by atoms with Gasteiger partial charge in [-0.15, -0.1) is 0 Å². The van der Waals surface area contributed by atoms with Crippen LogP contribution in [0.15, 0.2) is 102 Å². The Kier molecular flexibility index (Phi) is 7.22. The van der Waals surface area contributed by atoms with Gasteiger partial charge in [-0.25, -0.2) is 8.42 Å². The Labute approximate surface area is 208 Å². The predicted molar refractivity (Wildman–Crippen MR) is 138 cm³/mol. The van der Waals surface area contributed by atoms with Crippen molar-refractivity contribution in [1.29, 1.82) is 0 Å². The zero-order chi connectivity index (χ0) is 24.1. The Morgan fingerprint density at radius 1 is 0.765 bits per heavy atom. The minimum atomic E-state index is -3.86. The molecule has 4 rings (SSSR count). The third-order valence-corrected chi connectivity index (χ3v) is 6.98. The van der Waals surface area contributed by atoms with Gasteiger partial charge in [-0.1, -0.05) is 77.8 Å². The van der Waals surface area contributed by atoms with Crippen LogP contribution in [0.1, 0.15) is 5.56 Å². The number of benzene rings is 4. The summed E-state index contributed by atoms with van der Waals surface area (Å²) in [7, 11) is -3.86. The largest absolute Gasteiger partial charge is 0.326 e. The van der Waals surface area contributed by atoms with Crippen LogP contribution in [0.4, 0.5) is 11.4 Å². The van der Waals surface area contributed by atoms with Crippen LogP contribution in [0, 0.1) is 0 Å². The molecule has 0 aliphatic heterocycles. The molecule has 0 saturated carbocycles. The van der Waals surface area contributed by atoms with Crippen LogP contribution in [-0.4, -0.2) is 14.3 Å². The van der Waals surface area contributed by atoms with Gasteiger partial charge in [-0.2, -0.15) is 0 Å². The lowest BCUT2D eigenvalue weighted by atomic mass is 10.0. The quantitative estimate of drug-likeness (QED) is 0.292. The van der Waals surface area contributed by atoms with E-state index < -0.39 is 10.0 Å². The second kappa shape index (κ2) is 10.3. The van der Waals surface area contributed by atoms with Crippen LogP contribution >= 0.6 is 23.2 Å². The first-order chi connectivity index (χ1) is 16.3. The number of sulfonamides is 1. The van der Waals surface area contributed by atoms with E-state index in [1.54, 1.807) is 6.07 Å². The fourth-order valence-electron chi connectivity index (χ4n) is 3.33. The topological polar surface area (TPSA) is 75.3 Å². The molecule has 0 heterocycles. The van der Waals surface area contributed by atoms with E-state index in [0.717, 1.165) is 16.7 Å². The second-order valence-corrected chi connectivity index (χ2v) is 10.1. The lowest BCUT2D eigenvalue weighted by Crippen LogP contribution is -2.15. The average Bonchev–Trinajstić information content (AvgIpc) is 2.82. The molecule has 0 aliphatic carbocycles. The molecule has 172 valence electrons. The molecule has 1 amide bonds. The summed E-state index contributed by atoms with van der Waals surface area (Å²) in [5.41, 5.74) is 3.79. The number of hydrogen-bond donors (Lipinski definition) is 2. The summed E-state index contributed by atoms with van der Waals surface area (Å²) in [6, 6.07) is 28.2. The van der Waals surface area contributed by atoms with Gasteiger partial charge in [0, 0.05) is 10.7 Å². The molecule has 0 atom stereocenters. The first-order valence-corrected chi connectivity index (χ1v) is 12.6. The van der Waals surface area contributed by atoms with Gasteiger partial charge in [0.05, 0.1) is 22.0 Å². The highest BCUT2D eigenvalue weighted by Crippen LogP contribution is 2.28. The molecule has 8 heteroatoms. The normalized spacial score (nSPS) is 11.1. The maximum absolute atomic E-state index is 12.7. The molecular weight excluding hydrogens is 491 g/mol. The summed E-state index contributed by atoms with van der Waals surface area (Å²) in [5, 5.41) is 3.38. The van der Waals surface area contributed by atoms with E-state index in [0.29, 0.717) is 10.7 Å². The van der Waals surface area contributed by atoms with E-state index in [1.165, 1.54) is 36.4 Å². The van der Waals surface area contributed by atoms with Crippen molar-refractivity contribution in [3.05, 3.63) is 113 Å². The minimum absolute atomic E-state index is 0.0352. The highest BCUT2D eigenvalue weighted by Gasteiger charge is 2.16. The van der Waals surface area contributed by atoms with Gasteiger partial charge in [0.15, 0.2) is 0 Å². The summed E-state index contributed by atoms with van der Waals surface area (Å²) in [5.74, 6) is -0.200. The molecule has 2 N–H and O–H groups in total. The highest BCUT2D eigenvalue weighted by molar-refractivity contribution is 7.92. The molecule has 0 aromatic heterocycles. The Balaban J connectivity index is 1.38.